The molecule has 2 unspecified atom stereocenters. The summed E-state index contributed by atoms with van der Waals surface area (Å²) in [7, 11) is 3.51. The van der Waals surface area contributed by atoms with Crippen LogP contribution in [0.1, 0.15) is 32.8 Å². The van der Waals surface area contributed by atoms with E-state index in [1.165, 1.54) is 12.1 Å². The Bertz CT molecular complexity index is 547. The van der Waals surface area contributed by atoms with E-state index < -0.39 is 0 Å². The molecule has 1 aromatic carbocycles. The standard InChI is InChI=1S/C17H26FN3O.HI/c1-16(2)14(10-17(16,3)22-5)21-15(19-4)20-11-12-6-8-13(18)9-7-12;/h6-9,14H,10-11H2,1-5H3,(H2,19,20,21);1H. The number of ether oxygens (including phenoxy) is 1. The maximum atomic E-state index is 12.9. The van der Waals surface area contributed by atoms with E-state index in [-0.39, 0.29) is 40.8 Å². The van der Waals surface area contributed by atoms with Gasteiger partial charge in [-0.15, -0.1) is 24.0 Å². The zero-order chi connectivity index (χ0) is 16.4. The Morgan fingerprint density at radius 1 is 1.30 bits per heavy atom. The van der Waals surface area contributed by atoms with E-state index in [2.05, 4.69) is 36.4 Å². The molecule has 4 nitrogen and oxygen atoms in total. The van der Waals surface area contributed by atoms with E-state index in [0.29, 0.717) is 12.6 Å². The van der Waals surface area contributed by atoms with Crippen molar-refractivity contribution < 1.29 is 9.13 Å². The van der Waals surface area contributed by atoms with Gasteiger partial charge in [0.25, 0.3) is 0 Å². The van der Waals surface area contributed by atoms with Crippen molar-refractivity contribution in [3.63, 3.8) is 0 Å². The predicted octanol–water partition coefficient (Wildman–Crippen LogP) is 3.31. The Morgan fingerprint density at radius 3 is 2.39 bits per heavy atom. The number of nitrogens with one attached hydrogen (secondary N) is 2. The molecule has 1 aliphatic carbocycles. The topological polar surface area (TPSA) is 45.7 Å². The lowest BCUT2D eigenvalue weighted by atomic mass is 9.56. The van der Waals surface area contributed by atoms with Gasteiger partial charge in [0.15, 0.2) is 5.96 Å². The third-order valence-electron chi connectivity index (χ3n) is 5.19. The molecule has 130 valence electrons. The second-order valence-electron chi connectivity index (χ2n) is 6.61. The zero-order valence-corrected chi connectivity index (χ0v) is 16.8. The maximum Gasteiger partial charge on any atom is 0.191 e. The second kappa shape index (κ2) is 7.79. The highest BCUT2D eigenvalue weighted by molar-refractivity contribution is 14.0. The molecule has 2 N–H and O–H groups in total. The summed E-state index contributed by atoms with van der Waals surface area (Å²) in [5.74, 6) is 0.530. The summed E-state index contributed by atoms with van der Waals surface area (Å²) in [6, 6.07) is 6.77. The van der Waals surface area contributed by atoms with Crippen molar-refractivity contribution in [3.05, 3.63) is 35.6 Å². The summed E-state index contributed by atoms with van der Waals surface area (Å²) in [5.41, 5.74) is 0.925. The predicted molar refractivity (Wildman–Crippen MR) is 103 cm³/mol. The van der Waals surface area contributed by atoms with Gasteiger partial charge in [0.1, 0.15) is 5.82 Å². The fourth-order valence-corrected chi connectivity index (χ4v) is 2.87. The third kappa shape index (κ3) is 4.15. The molecular weight excluding hydrogens is 408 g/mol. The van der Waals surface area contributed by atoms with Gasteiger partial charge < -0.3 is 15.4 Å². The average Bonchev–Trinajstić information content (AvgIpc) is 2.51. The van der Waals surface area contributed by atoms with Gasteiger partial charge in [-0.05, 0) is 31.0 Å². The highest BCUT2D eigenvalue weighted by Gasteiger charge is 2.58. The van der Waals surface area contributed by atoms with Crippen LogP contribution in [0.15, 0.2) is 29.3 Å². The van der Waals surface area contributed by atoms with Crippen molar-refractivity contribution in [1.29, 1.82) is 0 Å². The lowest BCUT2D eigenvalue weighted by molar-refractivity contribution is -0.176. The SMILES string of the molecule is CN=C(NCc1ccc(F)cc1)NC1CC(C)(OC)C1(C)C.I. The second-order valence-corrected chi connectivity index (χ2v) is 6.61. The van der Waals surface area contributed by atoms with Crippen LogP contribution in [-0.2, 0) is 11.3 Å². The van der Waals surface area contributed by atoms with E-state index in [0.717, 1.165) is 17.9 Å². The molecule has 0 aromatic heterocycles. The molecule has 0 bridgehead atoms. The summed E-state index contributed by atoms with van der Waals surface area (Å²) in [6.07, 6.45) is 0.938. The number of halogens is 2. The molecule has 1 aromatic rings. The normalized spacial score (nSPS) is 26.0. The lowest BCUT2D eigenvalue weighted by Crippen LogP contribution is -2.69. The first kappa shape index (κ1) is 20.2. The van der Waals surface area contributed by atoms with Gasteiger partial charge in [0.2, 0.25) is 0 Å². The molecule has 2 rings (SSSR count). The Morgan fingerprint density at radius 2 is 1.91 bits per heavy atom. The molecule has 0 radical (unpaired) electrons. The fraction of sp³-hybridized carbons (Fsp3) is 0.588. The van der Waals surface area contributed by atoms with Crippen LogP contribution in [0.2, 0.25) is 0 Å². The first-order valence-corrected chi connectivity index (χ1v) is 7.59. The van der Waals surface area contributed by atoms with Gasteiger partial charge in [-0.3, -0.25) is 4.99 Å². The number of aliphatic imine (C=N–C) groups is 1. The molecule has 0 spiro atoms. The van der Waals surface area contributed by atoms with E-state index in [1.54, 1.807) is 26.3 Å². The quantitative estimate of drug-likeness (QED) is 0.434. The molecule has 2 atom stereocenters. The number of hydrogen-bond acceptors (Lipinski definition) is 2. The Hall–Kier alpha value is -0.890. The number of hydrogen-bond donors (Lipinski definition) is 2. The van der Waals surface area contributed by atoms with Gasteiger partial charge in [0, 0.05) is 32.2 Å². The third-order valence-corrected chi connectivity index (χ3v) is 5.19. The molecule has 1 fully saturated rings. The monoisotopic (exact) mass is 435 g/mol. The summed E-state index contributed by atoms with van der Waals surface area (Å²) in [5, 5.41) is 6.71. The van der Waals surface area contributed by atoms with Crippen LogP contribution >= 0.6 is 24.0 Å². The largest absolute Gasteiger partial charge is 0.378 e. The highest BCUT2D eigenvalue weighted by atomic mass is 127. The summed E-state index contributed by atoms with van der Waals surface area (Å²) >= 11 is 0. The number of guanidine groups is 1. The minimum absolute atomic E-state index is 0. The zero-order valence-electron chi connectivity index (χ0n) is 14.4. The highest BCUT2D eigenvalue weighted by Crippen LogP contribution is 2.51. The van der Waals surface area contributed by atoms with Crippen LogP contribution in [0.3, 0.4) is 0 Å². The summed E-state index contributed by atoms with van der Waals surface area (Å²) < 4.78 is 18.5. The van der Waals surface area contributed by atoms with Crippen molar-refractivity contribution >= 4 is 29.9 Å². The molecular formula is C17H27FIN3O. The van der Waals surface area contributed by atoms with Crippen LogP contribution in [0.5, 0.6) is 0 Å². The Balaban J connectivity index is 0.00000264. The van der Waals surface area contributed by atoms with Crippen LogP contribution in [0.4, 0.5) is 4.39 Å². The number of rotatable bonds is 4. The molecule has 23 heavy (non-hydrogen) atoms. The Kier molecular flexibility index (Phi) is 6.82. The first-order chi connectivity index (χ1) is 10.3. The summed E-state index contributed by atoms with van der Waals surface area (Å²) in [6.45, 7) is 7.14. The molecule has 0 saturated heterocycles. The van der Waals surface area contributed by atoms with Crippen LogP contribution < -0.4 is 10.6 Å². The molecule has 1 aliphatic rings. The minimum atomic E-state index is -0.221. The molecule has 0 amide bonds. The van der Waals surface area contributed by atoms with Gasteiger partial charge in [-0.25, -0.2) is 4.39 Å². The van der Waals surface area contributed by atoms with Gasteiger partial charge in [0.05, 0.1) is 5.60 Å². The van der Waals surface area contributed by atoms with E-state index in [9.17, 15) is 4.39 Å². The maximum absolute atomic E-state index is 12.9. The molecule has 1 saturated carbocycles. The fourth-order valence-electron chi connectivity index (χ4n) is 2.87. The lowest BCUT2D eigenvalue weighted by Gasteiger charge is -2.59. The van der Waals surface area contributed by atoms with Crippen molar-refractivity contribution in [1.82, 2.24) is 10.6 Å². The number of benzene rings is 1. The van der Waals surface area contributed by atoms with Crippen molar-refractivity contribution in [3.8, 4) is 0 Å². The number of nitrogens with zero attached hydrogens (tertiary/aromatic N) is 1. The summed E-state index contributed by atoms with van der Waals surface area (Å²) in [4.78, 5) is 4.26. The van der Waals surface area contributed by atoms with Gasteiger partial charge in [-0.2, -0.15) is 0 Å². The van der Waals surface area contributed by atoms with Crippen LogP contribution in [0.25, 0.3) is 0 Å². The number of methoxy groups -OCH3 is 1. The van der Waals surface area contributed by atoms with Crippen molar-refractivity contribution in [2.24, 2.45) is 10.4 Å². The van der Waals surface area contributed by atoms with Crippen molar-refractivity contribution in [2.45, 2.75) is 45.4 Å². The van der Waals surface area contributed by atoms with E-state index in [4.69, 9.17) is 4.74 Å². The molecule has 0 heterocycles. The molecule has 0 aliphatic heterocycles. The van der Waals surface area contributed by atoms with Gasteiger partial charge in [-0.1, -0.05) is 26.0 Å². The van der Waals surface area contributed by atoms with E-state index in [1.807, 2.05) is 0 Å². The van der Waals surface area contributed by atoms with Crippen molar-refractivity contribution in [2.75, 3.05) is 14.2 Å². The first-order valence-electron chi connectivity index (χ1n) is 7.59. The smallest absolute Gasteiger partial charge is 0.191 e. The molecule has 6 heteroatoms. The van der Waals surface area contributed by atoms with Crippen LogP contribution in [-0.4, -0.2) is 31.8 Å². The Labute approximate surface area is 155 Å². The van der Waals surface area contributed by atoms with Gasteiger partial charge >= 0.3 is 0 Å². The van der Waals surface area contributed by atoms with E-state index >= 15 is 0 Å². The van der Waals surface area contributed by atoms with Crippen LogP contribution in [0, 0.1) is 11.2 Å². The minimum Gasteiger partial charge on any atom is -0.378 e. The average molecular weight is 435 g/mol.